The molecule has 7 nitrogen and oxygen atoms in total. The number of ether oxygens (including phenoxy) is 1. The van der Waals surface area contributed by atoms with Crippen LogP contribution in [0.25, 0.3) is 0 Å². The SMILES string of the molecule is CC(C)(C)OC(=O)Nc1cc(C(=O)O)on1. The molecule has 1 heterocycles. The van der Waals surface area contributed by atoms with Crippen molar-refractivity contribution in [1.29, 1.82) is 0 Å². The monoisotopic (exact) mass is 228 g/mol. The normalized spacial score (nSPS) is 10.9. The Bertz CT molecular complexity index is 404. The van der Waals surface area contributed by atoms with Crippen molar-refractivity contribution >= 4 is 17.9 Å². The van der Waals surface area contributed by atoms with Crippen molar-refractivity contribution in [1.82, 2.24) is 5.16 Å². The van der Waals surface area contributed by atoms with Crippen LogP contribution in [-0.4, -0.2) is 27.9 Å². The Kier molecular flexibility index (Phi) is 3.17. The zero-order valence-corrected chi connectivity index (χ0v) is 9.10. The zero-order chi connectivity index (χ0) is 12.3. The van der Waals surface area contributed by atoms with E-state index in [1.807, 2.05) is 0 Å². The van der Waals surface area contributed by atoms with Crippen molar-refractivity contribution in [3.63, 3.8) is 0 Å². The van der Waals surface area contributed by atoms with Gasteiger partial charge in [0, 0.05) is 6.07 Å². The lowest BCUT2D eigenvalue weighted by atomic mass is 10.2. The van der Waals surface area contributed by atoms with Crippen molar-refractivity contribution in [2.24, 2.45) is 0 Å². The molecular formula is C9H12N2O5. The fraction of sp³-hybridized carbons (Fsp3) is 0.444. The molecule has 1 aromatic heterocycles. The van der Waals surface area contributed by atoms with Gasteiger partial charge in [0.2, 0.25) is 5.76 Å². The minimum Gasteiger partial charge on any atom is -0.475 e. The van der Waals surface area contributed by atoms with Crippen LogP contribution in [-0.2, 0) is 4.74 Å². The van der Waals surface area contributed by atoms with Gasteiger partial charge in [-0.15, -0.1) is 0 Å². The number of carbonyl (C=O) groups is 2. The van der Waals surface area contributed by atoms with Gasteiger partial charge in [-0.25, -0.2) is 9.59 Å². The Hall–Kier alpha value is -2.05. The average molecular weight is 228 g/mol. The van der Waals surface area contributed by atoms with Crippen LogP contribution in [0.1, 0.15) is 31.3 Å². The number of aromatic carboxylic acids is 1. The first kappa shape index (κ1) is 12.0. The van der Waals surface area contributed by atoms with Crippen LogP contribution >= 0.6 is 0 Å². The molecule has 7 heteroatoms. The molecule has 0 aliphatic carbocycles. The summed E-state index contributed by atoms with van der Waals surface area (Å²) in [6.07, 6.45) is -0.724. The molecule has 0 saturated carbocycles. The predicted molar refractivity (Wildman–Crippen MR) is 53.3 cm³/mol. The van der Waals surface area contributed by atoms with E-state index in [9.17, 15) is 9.59 Å². The summed E-state index contributed by atoms with van der Waals surface area (Å²) < 4.78 is 9.37. The number of anilines is 1. The molecule has 16 heavy (non-hydrogen) atoms. The fourth-order valence-electron chi connectivity index (χ4n) is 0.843. The minimum atomic E-state index is -1.26. The van der Waals surface area contributed by atoms with Gasteiger partial charge in [-0.2, -0.15) is 0 Å². The van der Waals surface area contributed by atoms with E-state index >= 15 is 0 Å². The molecule has 0 atom stereocenters. The van der Waals surface area contributed by atoms with Gasteiger partial charge in [-0.3, -0.25) is 5.32 Å². The van der Waals surface area contributed by atoms with Crippen LogP contribution in [0.2, 0.25) is 0 Å². The average Bonchev–Trinajstić information content (AvgIpc) is 2.48. The molecule has 0 unspecified atom stereocenters. The van der Waals surface area contributed by atoms with Crippen LogP contribution in [0, 0.1) is 0 Å². The third-order valence-electron chi connectivity index (χ3n) is 1.35. The van der Waals surface area contributed by atoms with Crippen molar-refractivity contribution in [2.75, 3.05) is 5.32 Å². The number of amides is 1. The van der Waals surface area contributed by atoms with Crippen LogP contribution in [0.4, 0.5) is 10.6 Å². The van der Waals surface area contributed by atoms with E-state index in [-0.39, 0.29) is 11.6 Å². The number of carboxylic acid groups (broad SMARTS) is 1. The molecule has 88 valence electrons. The summed E-state index contributed by atoms with van der Waals surface area (Å²) in [6, 6.07) is 1.09. The molecule has 0 aliphatic heterocycles. The lowest BCUT2D eigenvalue weighted by Crippen LogP contribution is -2.27. The molecule has 0 bridgehead atoms. The molecule has 1 rings (SSSR count). The molecule has 0 saturated heterocycles. The third kappa shape index (κ3) is 3.60. The van der Waals surface area contributed by atoms with E-state index < -0.39 is 17.7 Å². The highest BCUT2D eigenvalue weighted by atomic mass is 16.6. The number of hydrogen-bond donors (Lipinski definition) is 2. The van der Waals surface area contributed by atoms with E-state index in [1.165, 1.54) is 0 Å². The second-order valence-electron chi connectivity index (χ2n) is 4.01. The third-order valence-corrected chi connectivity index (χ3v) is 1.35. The Morgan fingerprint density at radius 1 is 1.50 bits per heavy atom. The quantitative estimate of drug-likeness (QED) is 0.799. The first-order valence-electron chi connectivity index (χ1n) is 4.48. The Morgan fingerprint density at radius 2 is 2.12 bits per heavy atom. The van der Waals surface area contributed by atoms with E-state index in [4.69, 9.17) is 9.84 Å². The largest absolute Gasteiger partial charge is 0.475 e. The summed E-state index contributed by atoms with van der Waals surface area (Å²) in [4.78, 5) is 21.7. The summed E-state index contributed by atoms with van der Waals surface area (Å²) in [7, 11) is 0. The van der Waals surface area contributed by atoms with Gasteiger partial charge in [0.25, 0.3) is 0 Å². The number of rotatable bonds is 2. The second kappa shape index (κ2) is 4.21. The number of nitrogens with one attached hydrogen (secondary N) is 1. The number of carbonyl (C=O) groups excluding carboxylic acids is 1. The van der Waals surface area contributed by atoms with Gasteiger partial charge >= 0.3 is 12.1 Å². The molecule has 0 fully saturated rings. The maximum Gasteiger partial charge on any atom is 0.413 e. The summed E-state index contributed by atoms with van der Waals surface area (Å²) in [5.74, 6) is -1.62. The Balaban J connectivity index is 2.60. The van der Waals surface area contributed by atoms with Gasteiger partial charge in [0.05, 0.1) is 0 Å². The Morgan fingerprint density at radius 3 is 2.56 bits per heavy atom. The first-order valence-corrected chi connectivity index (χ1v) is 4.48. The lowest BCUT2D eigenvalue weighted by Gasteiger charge is -2.18. The number of carboxylic acids is 1. The van der Waals surface area contributed by atoms with Crippen LogP contribution in [0.15, 0.2) is 10.6 Å². The highest BCUT2D eigenvalue weighted by Gasteiger charge is 2.18. The lowest BCUT2D eigenvalue weighted by molar-refractivity contribution is 0.0632. The minimum absolute atomic E-state index is 0.00773. The summed E-state index contributed by atoms with van der Waals surface area (Å²) in [5.41, 5.74) is -0.635. The van der Waals surface area contributed by atoms with Crippen LogP contribution in [0.5, 0.6) is 0 Å². The van der Waals surface area contributed by atoms with Crippen LogP contribution < -0.4 is 5.32 Å². The highest BCUT2D eigenvalue weighted by molar-refractivity contribution is 5.88. The van der Waals surface area contributed by atoms with E-state index in [0.717, 1.165) is 6.07 Å². The molecule has 0 aromatic carbocycles. The van der Waals surface area contributed by atoms with Crippen molar-refractivity contribution in [3.8, 4) is 0 Å². The number of aromatic nitrogens is 1. The molecular weight excluding hydrogens is 216 g/mol. The van der Waals surface area contributed by atoms with E-state index in [0.29, 0.717) is 0 Å². The predicted octanol–water partition coefficient (Wildman–Crippen LogP) is 1.72. The highest BCUT2D eigenvalue weighted by Crippen LogP contribution is 2.12. The maximum atomic E-state index is 11.2. The van der Waals surface area contributed by atoms with Gasteiger partial charge in [-0.05, 0) is 20.8 Å². The summed E-state index contributed by atoms with van der Waals surface area (Å²) in [5, 5.41) is 14.1. The Labute approximate surface area is 91.4 Å². The summed E-state index contributed by atoms with van der Waals surface area (Å²) >= 11 is 0. The second-order valence-corrected chi connectivity index (χ2v) is 4.01. The number of hydrogen-bond acceptors (Lipinski definition) is 5. The fourth-order valence-corrected chi connectivity index (χ4v) is 0.843. The molecule has 0 spiro atoms. The van der Waals surface area contributed by atoms with Crippen LogP contribution in [0.3, 0.4) is 0 Å². The van der Waals surface area contributed by atoms with E-state index in [2.05, 4.69) is 15.0 Å². The van der Waals surface area contributed by atoms with Crippen molar-refractivity contribution in [2.45, 2.75) is 26.4 Å². The van der Waals surface area contributed by atoms with E-state index in [1.54, 1.807) is 20.8 Å². The number of nitrogens with zero attached hydrogens (tertiary/aromatic N) is 1. The van der Waals surface area contributed by atoms with Crippen molar-refractivity contribution < 1.29 is 24.0 Å². The zero-order valence-electron chi connectivity index (χ0n) is 9.10. The molecule has 2 N–H and O–H groups in total. The van der Waals surface area contributed by atoms with Gasteiger partial charge in [-0.1, -0.05) is 5.16 Å². The maximum absolute atomic E-state index is 11.2. The topological polar surface area (TPSA) is 102 Å². The smallest absolute Gasteiger partial charge is 0.413 e. The molecule has 0 aliphatic rings. The molecule has 1 amide bonds. The summed E-state index contributed by atoms with van der Waals surface area (Å²) in [6.45, 7) is 5.12. The first-order chi connectivity index (χ1) is 7.28. The standard InChI is InChI=1S/C9H12N2O5/c1-9(2,3)15-8(14)10-6-4-5(7(12)13)16-11-6/h4H,1-3H3,(H,12,13)(H,10,11,14). The van der Waals surface area contributed by atoms with Gasteiger partial charge in [0.1, 0.15) is 5.60 Å². The van der Waals surface area contributed by atoms with Gasteiger partial charge < -0.3 is 14.4 Å². The van der Waals surface area contributed by atoms with Gasteiger partial charge in [0.15, 0.2) is 5.82 Å². The molecule has 0 radical (unpaired) electrons. The van der Waals surface area contributed by atoms with Crippen molar-refractivity contribution in [3.05, 3.63) is 11.8 Å². The molecule has 1 aromatic rings.